The Bertz CT molecular complexity index is 2800. The molecule has 3 aromatic carbocycles. The number of rotatable bonds is 11. The van der Waals surface area contributed by atoms with Crippen LogP contribution in [-0.2, 0) is 24.0 Å². The fourth-order valence-electron chi connectivity index (χ4n) is 11.6. The summed E-state index contributed by atoms with van der Waals surface area (Å²) in [5.41, 5.74) is -3.07. The number of carbonyl (C=O) groups is 1. The van der Waals surface area contributed by atoms with Crippen molar-refractivity contribution in [2.75, 3.05) is 50.3 Å². The average Bonchev–Trinajstić information content (AvgIpc) is 3.93. The van der Waals surface area contributed by atoms with E-state index in [1.807, 2.05) is 29.2 Å². The number of benzene rings is 3. The summed E-state index contributed by atoms with van der Waals surface area (Å²) >= 11 is 7.34. The Morgan fingerprint density at radius 1 is 0.958 bits per heavy atom. The molecule has 4 fully saturated rings. The van der Waals surface area contributed by atoms with Crippen LogP contribution in [0.2, 0.25) is 5.02 Å². The van der Waals surface area contributed by atoms with E-state index in [4.69, 9.17) is 45.3 Å². The van der Waals surface area contributed by atoms with Crippen molar-refractivity contribution >= 4 is 40.2 Å². The molecule has 71 heavy (non-hydrogen) atoms. The number of ether oxygens (including phenoxy) is 5. The van der Waals surface area contributed by atoms with E-state index in [2.05, 4.69) is 9.88 Å². The molecule has 378 valence electrons. The second-order valence-electron chi connectivity index (χ2n) is 20.5. The van der Waals surface area contributed by atoms with Crippen LogP contribution < -0.4 is 28.7 Å². The summed E-state index contributed by atoms with van der Waals surface area (Å²) in [6.07, 6.45) is -4.40. The Hall–Kier alpha value is -5.88. The molecule has 7 heterocycles. The lowest BCUT2D eigenvalue weighted by Crippen LogP contribution is -2.65. The number of aromatic nitrogens is 3. The van der Waals surface area contributed by atoms with Gasteiger partial charge in [-0.2, -0.15) is 23.1 Å². The molecule has 0 aliphatic carbocycles. The third kappa shape index (κ3) is 8.97. The fourth-order valence-corrected chi connectivity index (χ4v) is 11.9. The molecule has 2 aromatic heterocycles. The van der Waals surface area contributed by atoms with Gasteiger partial charge in [0.05, 0.1) is 65.1 Å². The summed E-state index contributed by atoms with van der Waals surface area (Å²) in [5, 5.41) is -0.420. The van der Waals surface area contributed by atoms with Gasteiger partial charge in [-0.1, -0.05) is 35.9 Å². The highest BCUT2D eigenvalue weighted by Crippen LogP contribution is 2.53. The SMILES string of the molecule is COc1ccc(CN(Cc2ccc(OC)cc2)c2cc(C)c(C(F)(F)F)c(-c3c(Cl)c4c5c(nc(OCC67CCCN6C[C@H](F)C7)nc5c3F)N3C[C@H]5CC[C@@H]([C@H]3[C@H](C)O4)N5C(=O)OC(C)(C)C)n2)cc1. The third-order valence-electron chi connectivity index (χ3n) is 14.7. The van der Waals surface area contributed by atoms with Crippen LogP contribution in [0, 0.1) is 12.7 Å². The second kappa shape index (κ2) is 18.3. The zero-order valence-corrected chi connectivity index (χ0v) is 41.5. The molecular weight excluding hydrogens is 949 g/mol. The van der Waals surface area contributed by atoms with E-state index in [-0.39, 0.29) is 79.6 Å². The molecule has 1 unspecified atom stereocenters. The van der Waals surface area contributed by atoms with Crippen molar-refractivity contribution in [3.63, 3.8) is 0 Å². The number of amides is 1. The van der Waals surface area contributed by atoms with Gasteiger partial charge in [-0.25, -0.2) is 18.6 Å². The predicted octanol–water partition coefficient (Wildman–Crippen LogP) is 10.7. The number of pyridine rings is 1. The van der Waals surface area contributed by atoms with Crippen molar-refractivity contribution in [3.8, 4) is 34.5 Å². The number of hydrogen-bond donors (Lipinski definition) is 0. The number of fused-ring (bicyclic) bond motifs is 6. The van der Waals surface area contributed by atoms with Crippen LogP contribution in [0.25, 0.3) is 22.2 Å². The molecule has 0 N–H and O–H groups in total. The van der Waals surface area contributed by atoms with Gasteiger partial charge in [0.15, 0.2) is 11.6 Å². The molecule has 5 aromatic rings. The molecule has 0 radical (unpaired) electrons. The number of nitrogens with zero attached hydrogens (tertiary/aromatic N) is 7. The number of alkyl halides is 4. The van der Waals surface area contributed by atoms with Gasteiger partial charge in [-0.3, -0.25) is 9.80 Å². The van der Waals surface area contributed by atoms with Crippen molar-refractivity contribution in [1.29, 1.82) is 0 Å². The maximum absolute atomic E-state index is 18.3. The second-order valence-corrected chi connectivity index (χ2v) is 20.9. The predicted molar refractivity (Wildman–Crippen MR) is 258 cm³/mol. The van der Waals surface area contributed by atoms with E-state index in [9.17, 15) is 9.18 Å². The molecule has 2 bridgehead atoms. The Morgan fingerprint density at radius 2 is 1.62 bits per heavy atom. The Labute approximate surface area is 414 Å². The topological polar surface area (TPSA) is 115 Å². The van der Waals surface area contributed by atoms with E-state index < -0.39 is 80.9 Å². The molecule has 5 aliphatic rings. The first-order valence-electron chi connectivity index (χ1n) is 24.0. The minimum Gasteiger partial charge on any atom is -0.497 e. The molecule has 10 rings (SSSR count). The zero-order chi connectivity index (χ0) is 50.3. The lowest BCUT2D eigenvalue weighted by molar-refractivity contribution is -0.137. The van der Waals surface area contributed by atoms with Gasteiger partial charge in [-0.05, 0) is 114 Å². The molecule has 0 spiro atoms. The van der Waals surface area contributed by atoms with Gasteiger partial charge in [0, 0.05) is 32.6 Å². The smallest absolute Gasteiger partial charge is 0.418 e. The van der Waals surface area contributed by atoms with E-state index in [1.54, 1.807) is 76.0 Å². The Kier molecular flexibility index (Phi) is 12.6. The van der Waals surface area contributed by atoms with Crippen molar-refractivity contribution in [2.24, 2.45) is 0 Å². The van der Waals surface area contributed by atoms with Crippen LogP contribution in [-0.4, -0.2) is 113 Å². The molecule has 13 nitrogen and oxygen atoms in total. The lowest BCUT2D eigenvalue weighted by Gasteiger charge is -2.48. The number of anilines is 2. The van der Waals surface area contributed by atoms with Crippen LogP contribution in [0.3, 0.4) is 0 Å². The maximum Gasteiger partial charge on any atom is 0.418 e. The largest absolute Gasteiger partial charge is 0.497 e. The molecular formula is C52H57ClF5N7O6. The highest BCUT2D eigenvalue weighted by Gasteiger charge is 2.55. The van der Waals surface area contributed by atoms with E-state index in [0.29, 0.717) is 37.3 Å². The number of piperazine rings is 1. The first-order chi connectivity index (χ1) is 33.8. The van der Waals surface area contributed by atoms with Gasteiger partial charge in [0.1, 0.15) is 53.1 Å². The summed E-state index contributed by atoms with van der Waals surface area (Å²) in [4.78, 5) is 35.8. The van der Waals surface area contributed by atoms with Crippen LogP contribution in [0.5, 0.6) is 23.3 Å². The van der Waals surface area contributed by atoms with Gasteiger partial charge in [0.25, 0.3) is 0 Å². The Morgan fingerprint density at radius 3 is 2.24 bits per heavy atom. The molecule has 1 amide bonds. The summed E-state index contributed by atoms with van der Waals surface area (Å²) in [6, 6.07) is 14.2. The standard InChI is InChI=1S/C52H57ClF5N7O6/c1-28-21-37(62(23-30-9-14-34(67-6)15-10-30)24-31-11-16-35(68-7)17-12-31)59-43(40(28)52(56,57)58)38-41(53)46-39-44(42(38)55)60-48(69-27-51-19-8-20-63(51)25-32(54)22-51)61-47(39)64-26-33-13-18-36(45(64)29(2)70-46)65(33)49(66)71-50(3,4)5/h9-12,14-17,21,29,32-33,36,45H,8,13,18-20,22-27H2,1-7H3/t29-,32+,33+,36-,45+,51?/m0/s1. The van der Waals surface area contributed by atoms with E-state index >= 15 is 17.6 Å². The van der Waals surface area contributed by atoms with Crippen molar-refractivity contribution < 1.29 is 50.4 Å². The van der Waals surface area contributed by atoms with Gasteiger partial charge < -0.3 is 33.5 Å². The minimum absolute atomic E-state index is 0.000532. The van der Waals surface area contributed by atoms with Gasteiger partial charge in [-0.15, -0.1) is 0 Å². The normalized spacial score (nSPS) is 23.8. The molecule has 4 saturated heterocycles. The molecule has 19 heteroatoms. The van der Waals surface area contributed by atoms with Gasteiger partial charge >= 0.3 is 18.3 Å². The maximum atomic E-state index is 18.3. The quantitative estimate of drug-likeness (QED) is 0.117. The zero-order valence-electron chi connectivity index (χ0n) is 40.7. The Balaban J connectivity index is 1.15. The fraction of sp³-hybridized carbons (Fsp3) is 0.500. The summed E-state index contributed by atoms with van der Waals surface area (Å²) in [6.45, 7) is 10.0. The third-order valence-corrected chi connectivity index (χ3v) is 15.0. The highest BCUT2D eigenvalue weighted by molar-refractivity contribution is 6.36. The number of aryl methyl sites for hydroxylation is 1. The molecule has 0 saturated carbocycles. The van der Waals surface area contributed by atoms with Crippen molar-refractivity contribution in [1.82, 2.24) is 24.8 Å². The first kappa shape index (κ1) is 48.7. The summed E-state index contributed by atoms with van der Waals surface area (Å²) in [5.74, 6) is 0.218. The molecule has 6 atom stereocenters. The minimum atomic E-state index is -5.03. The van der Waals surface area contributed by atoms with Crippen LogP contribution >= 0.6 is 11.6 Å². The number of methoxy groups -OCH3 is 2. The average molecular weight is 1010 g/mol. The highest BCUT2D eigenvalue weighted by atomic mass is 35.5. The van der Waals surface area contributed by atoms with E-state index in [1.165, 1.54) is 13.0 Å². The summed E-state index contributed by atoms with van der Waals surface area (Å²) in [7, 11) is 3.10. The van der Waals surface area contributed by atoms with E-state index in [0.717, 1.165) is 17.5 Å². The van der Waals surface area contributed by atoms with Crippen molar-refractivity contribution in [3.05, 3.63) is 87.7 Å². The number of halogens is 6. The van der Waals surface area contributed by atoms with Crippen molar-refractivity contribution in [2.45, 2.75) is 128 Å². The lowest BCUT2D eigenvalue weighted by atomic mass is 9.95. The first-order valence-corrected chi connectivity index (χ1v) is 24.4. The van der Waals surface area contributed by atoms with Crippen LogP contribution in [0.4, 0.5) is 38.4 Å². The van der Waals surface area contributed by atoms with Crippen LogP contribution in [0.1, 0.15) is 82.1 Å². The van der Waals surface area contributed by atoms with Crippen LogP contribution in [0.15, 0.2) is 54.6 Å². The van der Waals surface area contributed by atoms with Gasteiger partial charge in [0.2, 0.25) is 0 Å². The number of hydrogen-bond acceptors (Lipinski definition) is 12. The monoisotopic (exact) mass is 1010 g/mol. The molecule has 5 aliphatic heterocycles. The number of carbonyl (C=O) groups excluding carboxylic acids is 1. The summed E-state index contributed by atoms with van der Waals surface area (Å²) < 4.78 is 110.